The van der Waals surface area contributed by atoms with Crippen molar-refractivity contribution in [1.82, 2.24) is 9.78 Å². The molecule has 2 aromatic rings. The molecule has 14 heavy (non-hydrogen) atoms. The maximum absolute atomic E-state index is 11.4. The van der Waals surface area contributed by atoms with E-state index in [1.807, 2.05) is 18.2 Å². The number of anilines is 1. The maximum Gasteiger partial charge on any atom is 0.347 e. The average molecular weight is 186 g/mol. The number of benzene rings is 1. The minimum Gasteiger partial charge on any atom is -0.306 e. The number of nitrogens with one attached hydrogen (secondary N) is 1. The molecule has 0 aliphatic heterocycles. The van der Waals surface area contributed by atoms with Gasteiger partial charge < -0.3 is 5.32 Å². The van der Waals surface area contributed by atoms with Crippen LogP contribution in [0.2, 0.25) is 0 Å². The molecule has 0 saturated heterocycles. The lowest BCUT2D eigenvalue weighted by Crippen LogP contribution is -2.19. The Bertz CT molecular complexity index is 408. The van der Waals surface area contributed by atoms with Gasteiger partial charge in [0.05, 0.1) is 12.4 Å². The van der Waals surface area contributed by atoms with Gasteiger partial charge in [0.2, 0.25) is 0 Å². The topological polar surface area (TPSA) is 46.9 Å². The zero-order valence-electron chi connectivity index (χ0n) is 7.34. The fourth-order valence-corrected chi connectivity index (χ4v) is 1.05. The van der Waals surface area contributed by atoms with Crippen molar-refractivity contribution in [2.24, 2.45) is 0 Å². The first-order valence-corrected chi connectivity index (χ1v) is 4.14. The van der Waals surface area contributed by atoms with E-state index in [2.05, 4.69) is 16.6 Å². The lowest BCUT2D eigenvalue weighted by molar-refractivity contribution is 0.250. The van der Waals surface area contributed by atoms with Crippen LogP contribution in [-0.4, -0.2) is 15.8 Å². The summed E-state index contributed by atoms with van der Waals surface area (Å²) >= 11 is 0. The first-order chi connectivity index (χ1) is 6.86. The Morgan fingerprint density at radius 1 is 1.36 bits per heavy atom. The summed E-state index contributed by atoms with van der Waals surface area (Å²) in [6, 6.07) is 10.5. The highest BCUT2D eigenvalue weighted by Gasteiger charge is 2.03. The molecule has 4 nitrogen and oxygen atoms in total. The van der Waals surface area contributed by atoms with Gasteiger partial charge in [-0.2, -0.15) is 9.78 Å². The number of hydrogen-bond acceptors (Lipinski definition) is 2. The van der Waals surface area contributed by atoms with Crippen molar-refractivity contribution < 1.29 is 4.79 Å². The highest BCUT2D eigenvalue weighted by molar-refractivity contribution is 5.90. The summed E-state index contributed by atoms with van der Waals surface area (Å²) in [6.07, 6.45) is 4.16. The summed E-state index contributed by atoms with van der Waals surface area (Å²) in [5.74, 6) is 0. The Balaban J connectivity index is 2.10. The molecular formula is C10H8N3O. The number of aromatic nitrogens is 2. The standard InChI is InChI=1S/C10H8N3O/c14-10(13-8-4-7-11-13)12-9-5-2-1-3-6-9/h1-7H,(H,12,14). The van der Waals surface area contributed by atoms with E-state index in [9.17, 15) is 4.79 Å². The summed E-state index contributed by atoms with van der Waals surface area (Å²) in [5, 5.41) is 6.44. The molecule has 0 fully saturated rings. The minimum atomic E-state index is -0.318. The van der Waals surface area contributed by atoms with Crippen LogP contribution in [0.15, 0.2) is 42.6 Å². The average Bonchev–Trinajstić information content (AvgIpc) is 2.72. The van der Waals surface area contributed by atoms with Crippen LogP contribution in [0.1, 0.15) is 0 Å². The van der Waals surface area contributed by atoms with E-state index in [0.29, 0.717) is 0 Å². The fourth-order valence-electron chi connectivity index (χ4n) is 1.05. The van der Waals surface area contributed by atoms with Gasteiger partial charge in [-0.25, -0.2) is 4.79 Å². The number of rotatable bonds is 1. The van der Waals surface area contributed by atoms with E-state index >= 15 is 0 Å². The number of nitrogens with zero attached hydrogens (tertiary/aromatic N) is 2. The molecule has 0 atom stereocenters. The SMILES string of the molecule is O=C(Nc1ccccc1)n1[c]ccn1. The van der Waals surface area contributed by atoms with Gasteiger partial charge in [0.1, 0.15) is 0 Å². The molecule has 2 rings (SSSR count). The van der Waals surface area contributed by atoms with Crippen molar-refractivity contribution in [3.05, 3.63) is 48.8 Å². The Morgan fingerprint density at radius 3 is 2.79 bits per heavy atom. The first-order valence-electron chi connectivity index (χ1n) is 4.14. The van der Waals surface area contributed by atoms with Crippen LogP contribution in [0.3, 0.4) is 0 Å². The number of carbonyl (C=O) groups is 1. The van der Waals surface area contributed by atoms with Gasteiger partial charge in [-0.3, -0.25) is 0 Å². The molecule has 0 saturated carbocycles. The highest BCUT2D eigenvalue weighted by atomic mass is 16.2. The van der Waals surface area contributed by atoms with Crippen molar-refractivity contribution in [2.75, 3.05) is 5.32 Å². The van der Waals surface area contributed by atoms with Crippen LogP contribution < -0.4 is 5.32 Å². The van der Waals surface area contributed by atoms with E-state index in [1.165, 1.54) is 6.20 Å². The third kappa shape index (κ3) is 1.80. The monoisotopic (exact) mass is 186 g/mol. The van der Waals surface area contributed by atoms with Crippen LogP contribution in [0, 0.1) is 6.20 Å². The van der Waals surface area contributed by atoms with Gasteiger partial charge in [0.25, 0.3) is 0 Å². The number of carbonyl (C=O) groups excluding carboxylic acids is 1. The Kier molecular flexibility index (Phi) is 2.27. The van der Waals surface area contributed by atoms with Gasteiger partial charge in [-0.05, 0) is 18.2 Å². The lowest BCUT2D eigenvalue weighted by atomic mass is 10.3. The first kappa shape index (κ1) is 8.50. The molecule has 1 N–H and O–H groups in total. The zero-order chi connectivity index (χ0) is 9.80. The van der Waals surface area contributed by atoms with Crippen LogP contribution in [0.25, 0.3) is 0 Å². The summed E-state index contributed by atoms with van der Waals surface area (Å²) in [5.41, 5.74) is 0.737. The second-order valence-electron chi connectivity index (χ2n) is 2.67. The van der Waals surface area contributed by atoms with Gasteiger partial charge >= 0.3 is 6.03 Å². The third-order valence-corrected chi connectivity index (χ3v) is 1.67. The summed E-state index contributed by atoms with van der Waals surface area (Å²) in [4.78, 5) is 11.4. The Labute approximate surface area is 81.2 Å². The minimum absolute atomic E-state index is 0.318. The zero-order valence-corrected chi connectivity index (χ0v) is 7.34. The van der Waals surface area contributed by atoms with Gasteiger partial charge in [-0.1, -0.05) is 18.2 Å². The molecule has 1 aromatic carbocycles. The quantitative estimate of drug-likeness (QED) is 0.737. The predicted molar refractivity (Wildman–Crippen MR) is 51.9 cm³/mol. The lowest BCUT2D eigenvalue weighted by Gasteiger charge is -2.02. The summed E-state index contributed by atoms with van der Waals surface area (Å²) in [6.45, 7) is 0. The van der Waals surface area contributed by atoms with E-state index in [4.69, 9.17) is 0 Å². The van der Waals surface area contributed by atoms with Crippen LogP contribution in [0.4, 0.5) is 10.5 Å². The second kappa shape index (κ2) is 3.74. The van der Waals surface area contributed by atoms with Crippen molar-refractivity contribution in [3.63, 3.8) is 0 Å². The number of para-hydroxylation sites is 1. The molecule has 1 heterocycles. The molecular weight excluding hydrogens is 178 g/mol. The van der Waals surface area contributed by atoms with Gasteiger partial charge in [0, 0.05) is 5.69 Å². The van der Waals surface area contributed by atoms with Crippen LogP contribution in [-0.2, 0) is 0 Å². The smallest absolute Gasteiger partial charge is 0.306 e. The molecule has 0 aliphatic carbocycles. The van der Waals surface area contributed by atoms with Gasteiger partial charge in [-0.15, -0.1) is 0 Å². The summed E-state index contributed by atoms with van der Waals surface area (Å²) in [7, 11) is 0. The molecule has 69 valence electrons. The summed E-state index contributed by atoms with van der Waals surface area (Å²) < 4.78 is 1.12. The molecule has 0 aliphatic rings. The highest BCUT2D eigenvalue weighted by Crippen LogP contribution is 2.04. The van der Waals surface area contributed by atoms with Crippen molar-refractivity contribution in [2.45, 2.75) is 0 Å². The Hall–Kier alpha value is -2.10. The largest absolute Gasteiger partial charge is 0.347 e. The van der Waals surface area contributed by atoms with E-state index in [0.717, 1.165) is 10.4 Å². The van der Waals surface area contributed by atoms with Crippen molar-refractivity contribution in [3.8, 4) is 0 Å². The van der Waals surface area contributed by atoms with E-state index in [1.54, 1.807) is 18.2 Å². The van der Waals surface area contributed by atoms with E-state index < -0.39 is 0 Å². The van der Waals surface area contributed by atoms with Crippen LogP contribution in [0.5, 0.6) is 0 Å². The molecule has 0 unspecified atom stereocenters. The Morgan fingerprint density at radius 2 is 2.14 bits per heavy atom. The van der Waals surface area contributed by atoms with Gasteiger partial charge in [0.15, 0.2) is 0 Å². The van der Waals surface area contributed by atoms with Crippen molar-refractivity contribution in [1.29, 1.82) is 0 Å². The second-order valence-corrected chi connectivity index (χ2v) is 2.67. The predicted octanol–water partition coefficient (Wildman–Crippen LogP) is 1.76. The number of hydrogen-bond donors (Lipinski definition) is 1. The molecule has 0 bridgehead atoms. The number of amides is 1. The third-order valence-electron chi connectivity index (χ3n) is 1.67. The fraction of sp³-hybridized carbons (Fsp3) is 0. The normalized spacial score (nSPS) is 9.71. The van der Waals surface area contributed by atoms with Crippen LogP contribution >= 0.6 is 0 Å². The molecule has 1 aromatic heterocycles. The molecule has 4 heteroatoms. The van der Waals surface area contributed by atoms with Crippen molar-refractivity contribution >= 4 is 11.7 Å². The molecule has 1 amide bonds. The van der Waals surface area contributed by atoms with E-state index in [-0.39, 0.29) is 6.03 Å². The maximum atomic E-state index is 11.4. The molecule has 1 radical (unpaired) electrons. The molecule has 0 spiro atoms.